The van der Waals surface area contributed by atoms with Crippen LogP contribution in [0, 0.1) is 17.3 Å². The number of halogens is 4. The number of alkyl halides is 3. The lowest BCUT2D eigenvalue weighted by Crippen LogP contribution is -2.07. The van der Waals surface area contributed by atoms with Gasteiger partial charge in [-0.1, -0.05) is 31.5 Å². The molecule has 1 fully saturated rings. The third-order valence-corrected chi connectivity index (χ3v) is 3.29. The zero-order valence-corrected chi connectivity index (χ0v) is 9.41. The molecule has 0 saturated heterocycles. The zero-order valence-electron chi connectivity index (χ0n) is 8.65. The minimum Gasteiger partial charge on any atom is -0.300 e. The second-order valence-electron chi connectivity index (χ2n) is 4.45. The van der Waals surface area contributed by atoms with Crippen molar-refractivity contribution in [3.05, 3.63) is 11.1 Å². The van der Waals surface area contributed by atoms with Crippen LogP contribution < -0.4 is 0 Å². The monoisotopic (exact) mass is 240 g/mol. The third-order valence-electron chi connectivity index (χ3n) is 2.95. The third kappa shape index (κ3) is 2.36. The fourth-order valence-corrected chi connectivity index (χ4v) is 2.15. The van der Waals surface area contributed by atoms with Gasteiger partial charge in [-0.3, -0.25) is 4.79 Å². The molecule has 0 aromatic carbocycles. The molecule has 0 amide bonds. The molecule has 1 rings (SSSR count). The van der Waals surface area contributed by atoms with E-state index in [0.29, 0.717) is 0 Å². The molecular weight excluding hydrogens is 229 g/mol. The molecule has 0 aromatic heterocycles. The maximum absolute atomic E-state index is 12.1. The topological polar surface area (TPSA) is 17.1 Å². The highest BCUT2D eigenvalue weighted by atomic mass is 35.5. The van der Waals surface area contributed by atoms with E-state index in [1.54, 1.807) is 13.8 Å². The van der Waals surface area contributed by atoms with Crippen LogP contribution in [0.1, 0.15) is 20.8 Å². The van der Waals surface area contributed by atoms with Crippen molar-refractivity contribution in [3.8, 4) is 0 Å². The molecule has 0 radical (unpaired) electrons. The van der Waals surface area contributed by atoms with Gasteiger partial charge in [0.1, 0.15) is 10.8 Å². The van der Waals surface area contributed by atoms with Gasteiger partial charge in [-0.15, -0.1) is 0 Å². The van der Waals surface area contributed by atoms with Crippen molar-refractivity contribution in [1.82, 2.24) is 0 Å². The van der Waals surface area contributed by atoms with Crippen molar-refractivity contribution in [1.29, 1.82) is 0 Å². The van der Waals surface area contributed by atoms with Gasteiger partial charge in [-0.25, -0.2) is 0 Å². The number of hydrogen-bond acceptors (Lipinski definition) is 1. The largest absolute Gasteiger partial charge is 0.426 e. The fraction of sp³-hybridized carbons (Fsp3) is 0.700. The predicted molar refractivity (Wildman–Crippen MR) is 51.4 cm³/mol. The average molecular weight is 241 g/mol. The van der Waals surface area contributed by atoms with E-state index in [1.807, 2.05) is 0 Å². The van der Waals surface area contributed by atoms with E-state index >= 15 is 0 Å². The van der Waals surface area contributed by atoms with Crippen LogP contribution in [0.3, 0.4) is 0 Å². The van der Waals surface area contributed by atoms with E-state index in [4.69, 9.17) is 11.6 Å². The second kappa shape index (κ2) is 3.51. The molecule has 0 heterocycles. The number of ketones is 1. The van der Waals surface area contributed by atoms with E-state index in [1.165, 1.54) is 6.92 Å². The van der Waals surface area contributed by atoms with E-state index in [9.17, 15) is 18.0 Å². The maximum Gasteiger partial charge on any atom is 0.426 e. The Balaban J connectivity index is 2.83. The molecule has 15 heavy (non-hydrogen) atoms. The molecule has 0 bridgehead atoms. The number of rotatable bonds is 2. The Morgan fingerprint density at radius 3 is 2.13 bits per heavy atom. The lowest BCUT2D eigenvalue weighted by molar-refractivity contribution is -0.119. The van der Waals surface area contributed by atoms with Gasteiger partial charge >= 0.3 is 6.18 Å². The van der Waals surface area contributed by atoms with Gasteiger partial charge < -0.3 is 0 Å². The van der Waals surface area contributed by atoms with Crippen molar-refractivity contribution in [2.75, 3.05) is 0 Å². The van der Waals surface area contributed by atoms with E-state index in [0.717, 1.165) is 6.08 Å². The van der Waals surface area contributed by atoms with E-state index < -0.39 is 22.5 Å². The summed E-state index contributed by atoms with van der Waals surface area (Å²) in [7, 11) is 0. The molecular formula is C10H12ClF3O. The summed E-state index contributed by atoms with van der Waals surface area (Å²) in [5.41, 5.74) is -0.406. The van der Waals surface area contributed by atoms with Gasteiger partial charge in [0.2, 0.25) is 0 Å². The Labute approximate surface area is 91.3 Å². The Kier molecular flexibility index (Phi) is 2.94. The normalized spacial score (nSPS) is 30.2. The minimum absolute atomic E-state index is 0.0899. The maximum atomic E-state index is 12.1. The first kappa shape index (κ1) is 12.6. The summed E-state index contributed by atoms with van der Waals surface area (Å²) in [4.78, 5) is 11.1. The molecule has 1 saturated carbocycles. The van der Waals surface area contributed by atoms with Crippen molar-refractivity contribution >= 4 is 17.4 Å². The van der Waals surface area contributed by atoms with Crippen molar-refractivity contribution in [2.45, 2.75) is 26.9 Å². The zero-order chi connectivity index (χ0) is 12.0. The summed E-state index contributed by atoms with van der Waals surface area (Å²) >= 11 is 5.11. The molecule has 1 aliphatic rings. The van der Waals surface area contributed by atoms with Gasteiger partial charge in [0.05, 0.1) is 0 Å². The smallest absolute Gasteiger partial charge is 0.300 e. The number of allylic oxidation sites excluding steroid dienone is 2. The molecule has 0 spiro atoms. The van der Waals surface area contributed by atoms with Gasteiger partial charge in [-0.05, 0) is 18.3 Å². The average Bonchev–Trinajstić information content (AvgIpc) is 2.50. The molecule has 0 N–H and O–H groups in total. The van der Waals surface area contributed by atoms with Crippen LogP contribution in [0.15, 0.2) is 11.1 Å². The van der Waals surface area contributed by atoms with Crippen LogP contribution in [-0.2, 0) is 4.79 Å². The van der Waals surface area contributed by atoms with Crippen LogP contribution in [-0.4, -0.2) is 12.0 Å². The van der Waals surface area contributed by atoms with Crippen LogP contribution in [0.25, 0.3) is 0 Å². The predicted octanol–water partition coefficient (Wildman–Crippen LogP) is 3.53. The highest BCUT2D eigenvalue weighted by Crippen LogP contribution is 2.60. The summed E-state index contributed by atoms with van der Waals surface area (Å²) in [5.74, 6) is -0.828. The van der Waals surface area contributed by atoms with E-state index in [2.05, 4.69) is 0 Å². The summed E-state index contributed by atoms with van der Waals surface area (Å²) < 4.78 is 36.4. The molecule has 1 aliphatic carbocycles. The van der Waals surface area contributed by atoms with Crippen LogP contribution in [0.2, 0.25) is 0 Å². The molecule has 2 unspecified atom stereocenters. The Morgan fingerprint density at radius 1 is 1.40 bits per heavy atom. The lowest BCUT2D eigenvalue weighted by atomic mass is 10.1. The first-order valence-corrected chi connectivity index (χ1v) is 4.91. The molecule has 0 aromatic rings. The van der Waals surface area contributed by atoms with Gasteiger partial charge in [0, 0.05) is 5.92 Å². The highest BCUT2D eigenvalue weighted by Gasteiger charge is 2.59. The first-order chi connectivity index (χ1) is 6.58. The fourth-order valence-electron chi connectivity index (χ4n) is 2.02. The number of carbonyl (C=O) groups excluding carboxylic acids is 1. The minimum atomic E-state index is -4.51. The Morgan fingerprint density at radius 2 is 1.87 bits per heavy atom. The molecule has 2 atom stereocenters. The van der Waals surface area contributed by atoms with E-state index in [-0.39, 0.29) is 11.7 Å². The highest BCUT2D eigenvalue weighted by molar-refractivity contribution is 6.30. The lowest BCUT2D eigenvalue weighted by Gasteiger charge is -2.04. The summed E-state index contributed by atoms with van der Waals surface area (Å²) in [6, 6.07) is 0. The van der Waals surface area contributed by atoms with Crippen molar-refractivity contribution < 1.29 is 18.0 Å². The number of Topliss-reactive ketones (excluding diaryl/α,β-unsaturated/α-hetero) is 1. The van der Waals surface area contributed by atoms with Gasteiger partial charge in [0.25, 0.3) is 0 Å². The molecule has 0 aliphatic heterocycles. The van der Waals surface area contributed by atoms with Crippen LogP contribution >= 0.6 is 11.6 Å². The standard InChI is InChI=1S/C10H12ClF3O/c1-5(15)8-6(9(8,2)3)4-7(11)10(12,13)14/h4,6,8H,1-3H3/b7-4-. The number of hydrogen-bond donors (Lipinski definition) is 0. The summed E-state index contributed by atoms with van der Waals surface area (Å²) in [5, 5.41) is -1.13. The molecule has 86 valence electrons. The van der Waals surface area contributed by atoms with Crippen LogP contribution in [0.5, 0.6) is 0 Å². The molecule has 1 nitrogen and oxygen atoms in total. The Hall–Kier alpha value is -0.510. The van der Waals surface area contributed by atoms with Crippen LogP contribution in [0.4, 0.5) is 13.2 Å². The van der Waals surface area contributed by atoms with Crippen molar-refractivity contribution in [2.24, 2.45) is 17.3 Å². The second-order valence-corrected chi connectivity index (χ2v) is 4.86. The quantitative estimate of drug-likeness (QED) is 0.722. The van der Waals surface area contributed by atoms with Crippen molar-refractivity contribution in [3.63, 3.8) is 0 Å². The van der Waals surface area contributed by atoms with Gasteiger partial charge in [-0.2, -0.15) is 13.2 Å². The summed E-state index contributed by atoms with van der Waals surface area (Å²) in [6.07, 6.45) is -3.56. The Bertz CT molecular complexity index is 317. The molecule has 5 heteroatoms. The SMILES string of the molecule is CC(=O)C1C(/C=C(\Cl)C(F)(F)F)C1(C)C. The first-order valence-electron chi connectivity index (χ1n) is 4.53. The number of carbonyl (C=O) groups is 1. The summed E-state index contributed by atoms with van der Waals surface area (Å²) in [6.45, 7) is 4.92. The van der Waals surface area contributed by atoms with Gasteiger partial charge in [0.15, 0.2) is 0 Å².